The Morgan fingerprint density at radius 2 is 1.97 bits per heavy atom. The van der Waals surface area contributed by atoms with Crippen LogP contribution >= 0.6 is 0 Å². The number of fused-ring (bicyclic) bond motifs is 2. The van der Waals surface area contributed by atoms with E-state index in [0.29, 0.717) is 31.8 Å². The first-order valence-corrected chi connectivity index (χ1v) is 14.1. The zero-order valence-corrected chi connectivity index (χ0v) is 23.7. The molecule has 39 heavy (non-hydrogen) atoms. The third-order valence-electron chi connectivity index (χ3n) is 7.06. The van der Waals surface area contributed by atoms with E-state index in [9.17, 15) is 9.90 Å². The summed E-state index contributed by atoms with van der Waals surface area (Å²) in [6.07, 6.45) is 20.0. The Labute approximate surface area is 233 Å². The van der Waals surface area contributed by atoms with Gasteiger partial charge in [-0.3, -0.25) is 0 Å². The number of cyclic esters (lactones) is 1. The standard InChI is InChI=1S/C32H46O7/c1-23-16-17-36-28(20-23)14-15-30(37-22-35-4)31-12-5-8-26(33)19-24(2)18-25(3)21-29-11-6-9-27(38-29)10-7-13-32(34)39-31/h5-9,13-16,25-31,33H,2,10-12,17-22H2,1,3-4H3/b8-5+,13-7-,15-14+/t25-,26+,27-,28+,29-,30-,31-/m0/s1. The molecule has 0 fully saturated rings. The van der Waals surface area contributed by atoms with Crippen molar-refractivity contribution >= 4 is 5.97 Å². The van der Waals surface area contributed by atoms with Gasteiger partial charge in [0.2, 0.25) is 0 Å². The van der Waals surface area contributed by atoms with Gasteiger partial charge in [-0.05, 0) is 51.4 Å². The third kappa shape index (κ3) is 11.8. The molecule has 7 nitrogen and oxygen atoms in total. The van der Waals surface area contributed by atoms with Crippen LogP contribution in [0.25, 0.3) is 0 Å². The predicted molar refractivity (Wildman–Crippen MR) is 152 cm³/mol. The van der Waals surface area contributed by atoms with E-state index >= 15 is 0 Å². The quantitative estimate of drug-likeness (QED) is 0.269. The van der Waals surface area contributed by atoms with Crippen molar-refractivity contribution in [2.75, 3.05) is 20.5 Å². The first-order chi connectivity index (χ1) is 18.8. The molecule has 0 aliphatic carbocycles. The largest absolute Gasteiger partial charge is 0.456 e. The minimum absolute atomic E-state index is 0.0419. The minimum Gasteiger partial charge on any atom is -0.456 e. The summed E-state index contributed by atoms with van der Waals surface area (Å²) in [6, 6.07) is 0. The molecule has 3 heterocycles. The van der Waals surface area contributed by atoms with Crippen LogP contribution < -0.4 is 0 Å². The lowest BCUT2D eigenvalue weighted by atomic mass is 9.91. The van der Waals surface area contributed by atoms with Crippen LogP contribution in [-0.2, 0) is 28.5 Å². The highest BCUT2D eigenvalue weighted by atomic mass is 16.7. The van der Waals surface area contributed by atoms with Crippen LogP contribution in [0.3, 0.4) is 0 Å². The van der Waals surface area contributed by atoms with Gasteiger partial charge in [0.15, 0.2) is 0 Å². The average Bonchev–Trinajstić information content (AvgIpc) is 2.88. The molecule has 0 saturated carbocycles. The van der Waals surface area contributed by atoms with Gasteiger partial charge in [0, 0.05) is 19.6 Å². The normalized spacial score (nSPS) is 34.0. The van der Waals surface area contributed by atoms with Crippen LogP contribution in [0.15, 0.2) is 72.4 Å². The van der Waals surface area contributed by atoms with Gasteiger partial charge in [0.25, 0.3) is 0 Å². The molecule has 0 saturated heterocycles. The topological polar surface area (TPSA) is 83.5 Å². The summed E-state index contributed by atoms with van der Waals surface area (Å²) in [5, 5.41) is 10.6. The number of carbonyl (C=O) groups is 1. The van der Waals surface area contributed by atoms with Gasteiger partial charge >= 0.3 is 5.97 Å². The molecule has 2 bridgehead atoms. The SMILES string of the molecule is C=C1C[C@H](C)C[C@@H]2CC=C[C@@H](C/C=C\C(=O)O[C@H]([C@H](/C=C/[C@@H]3CC(C)=CCO3)OCOC)C/C=C/[C@@H](O)C1)O2. The Morgan fingerprint density at radius 1 is 1.15 bits per heavy atom. The summed E-state index contributed by atoms with van der Waals surface area (Å²) < 4.78 is 29.0. The highest BCUT2D eigenvalue weighted by Gasteiger charge is 2.25. The maximum Gasteiger partial charge on any atom is 0.330 e. The van der Waals surface area contributed by atoms with E-state index in [4.69, 9.17) is 23.7 Å². The van der Waals surface area contributed by atoms with Crippen molar-refractivity contribution in [3.05, 3.63) is 72.4 Å². The van der Waals surface area contributed by atoms with Gasteiger partial charge in [-0.15, -0.1) is 0 Å². The molecular formula is C32H46O7. The van der Waals surface area contributed by atoms with Crippen LogP contribution in [0.2, 0.25) is 0 Å². The van der Waals surface area contributed by atoms with Crippen molar-refractivity contribution in [3.8, 4) is 0 Å². The van der Waals surface area contributed by atoms with E-state index in [2.05, 4.69) is 38.7 Å². The van der Waals surface area contributed by atoms with E-state index in [0.717, 1.165) is 31.3 Å². The van der Waals surface area contributed by atoms with Gasteiger partial charge in [0.1, 0.15) is 19.0 Å². The van der Waals surface area contributed by atoms with Gasteiger partial charge in [-0.25, -0.2) is 4.79 Å². The molecule has 1 N–H and O–H groups in total. The van der Waals surface area contributed by atoms with E-state index in [1.807, 2.05) is 18.2 Å². The maximum absolute atomic E-state index is 12.8. The fraction of sp³-hybridized carbons (Fsp3) is 0.594. The second-order valence-corrected chi connectivity index (χ2v) is 10.9. The van der Waals surface area contributed by atoms with Gasteiger partial charge in [-0.2, -0.15) is 0 Å². The Balaban J connectivity index is 1.77. The van der Waals surface area contributed by atoms with E-state index in [-0.39, 0.29) is 25.1 Å². The number of aliphatic hydroxyl groups excluding tert-OH is 1. The van der Waals surface area contributed by atoms with Crippen molar-refractivity contribution in [2.24, 2.45) is 5.92 Å². The summed E-state index contributed by atoms with van der Waals surface area (Å²) >= 11 is 0. The summed E-state index contributed by atoms with van der Waals surface area (Å²) in [5.74, 6) is -0.0574. The zero-order chi connectivity index (χ0) is 28.0. The number of esters is 1. The average molecular weight is 543 g/mol. The van der Waals surface area contributed by atoms with Gasteiger partial charge in [0.05, 0.1) is 31.0 Å². The van der Waals surface area contributed by atoms with Gasteiger partial charge < -0.3 is 28.8 Å². The zero-order valence-electron chi connectivity index (χ0n) is 23.7. The third-order valence-corrected chi connectivity index (χ3v) is 7.06. The van der Waals surface area contributed by atoms with Gasteiger partial charge in [-0.1, -0.05) is 73.3 Å². The Bertz CT molecular complexity index is 931. The van der Waals surface area contributed by atoms with Crippen LogP contribution in [0.4, 0.5) is 0 Å². The highest BCUT2D eigenvalue weighted by Crippen LogP contribution is 2.26. The first kappa shape index (κ1) is 31.2. The molecule has 7 atom stereocenters. The minimum atomic E-state index is -0.669. The first-order valence-electron chi connectivity index (χ1n) is 14.1. The maximum atomic E-state index is 12.8. The smallest absolute Gasteiger partial charge is 0.330 e. The number of methoxy groups -OCH3 is 1. The lowest BCUT2D eigenvalue weighted by molar-refractivity contribution is -0.154. The van der Waals surface area contributed by atoms with Crippen LogP contribution in [-0.4, -0.2) is 68.2 Å². The fourth-order valence-corrected chi connectivity index (χ4v) is 5.16. The van der Waals surface area contributed by atoms with Crippen LogP contribution in [0, 0.1) is 5.92 Å². The second-order valence-electron chi connectivity index (χ2n) is 10.9. The van der Waals surface area contributed by atoms with Crippen molar-refractivity contribution in [1.29, 1.82) is 0 Å². The summed E-state index contributed by atoms with van der Waals surface area (Å²) in [4.78, 5) is 12.8. The molecule has 0 aromatic heterocycles. The summed E-state index contributed by atoms with van der Waals surface area (Å²) in [7, 11) is 1.55. The molecule has 0 aromatic carbocycles. The molecule has 216 valence electrons. The van der Waals surface area contributed by atoms with Crippen molar-refractivity contribution in [2.45, 2.75) is 95.4 Å². The monoisotopic (exact) mass is 542 g/mol. The molecule has 0 unspecified atom stereocenters. The number of carbonyl (C=O) groups excluding carboxylic acids is 1. The van der Waals surface area contributed by atoms with E-state index in [1.54, 1.807) is 19.3 Å². The number of aliphatic hydroxyl groups is 1. The molecule has 0 radical (unpaired) electrons. The van der Waals surface area contributed by atoms with Crippen molar-refractivity contribution in [3.63, 3.8) is 0 Å². The highest BCUT2D eigenvalue weighted by molar-refractivity contribution is 5.82. The Hall–Kier alpha value is -2.29. The molecule has 3 rings (SSSR count). The molecule has 3 aliphatic heterocycles. The summed E-state index contributed by atoms with van der Waals surface area (Å²) in [6.45, 7) is 9.10. The predicted octanol–water partition coefficient (Wildman–Crippen LogP) is 5.52. The summed E-state index contributed by atoms with van der Waals surface area (Å²) in [5.41, 5.74) is 2.28. The lowest BCUT2D eigenvalue weighted by Gasteiger charge is -2.28. The van der Waals surface area contributed by atoms with E-state index < -0.39 is 24.3 Å². The molecule has 0 spiro atoms. The number of ether oxygens (including phenoxy) is 5. The molecule has 7 heteroatoms. The van der Waals surface area contributed by atoms with Crippen LogP contribution in [0.1, 0.15) is 58.8 Å². The number of rotatable bonds is 6. The number of hydrogen-bond acceptors (Lipinski definition) is 7. The molecular weight excluding hydrogens is 496 g/mol. The Kier molecular flexibility index (Phi) is 13.4. The van der Waals surface area contributed by atoms with Crippen LogP contribution in [0.5, 0.6) is 0 Å². The fourth-order valence-electron chi connectivity index (χ4n) is 5.16. The lowest BCUT2D eigenvalue weighted by Crippen LogP contribution is -2.33. The molecule has 0 amide bonds. The van der Waals surface area contributed by atoms with E-state index in [1.165, 1.54) is 11.6 Å². The molecule has 0 aromatic rings. The second kappa shape index (κ2) is 16.7. The molecule has 3 aliphatic rings. The van der Waals surface area contributed by atoms with Crippen molar-refractivity contribution < 1.29 is 33.6 Å². The Morgan fingerprint density at radius 3 is 2.77 bits per heavy atom. The number of hydrogen-bond donors (Lipinski definition) is 1. The van der Waals surface area contributed by atoms with Crippen molar-refractivity contribution in [1.82, 2.24) is 0 Å².